The average Bonchev–Trinajstić information content (AvgIpc) is 2.80. The topological polar surface area (TPSA) is 70.6 Å². The Morgan fingerprint density at radius 1 is 1.48 bits per heavy atom. The number of halogens is 1. The van der Waals surface area contributed by atoms with Crippen LogP contribution in [0.4, 0.5) is 10.7 Å². The summed E-state index contributed by atoms with van der Waals surface area (Å²) in [5.41, 5.74) is 0. The molecule has 0 aromatic carbocycles. The number of nitrogens with one attached hydrogen (secondary N) is 1. The number of anilines is 1. The molecule has 7 nitrogen and oxygen atoms in total. The average molecular weight is 312 g/mol. The second-order valence-electron chi connectivity index (χ2n) is 5.25. The van der Waals surface area contributed by atoms with Crippen LogP contribution in [0.5, 0.6) is 0 Å². The fourth-order valence-electron chi connectivity index (χ4n) is 2.95. The molecule has 2 fully saturated rings. The van der Waals surface area contributed by atoms with Gasteiger partial charge in [-0.2, -0.15) is 0 Å². The molecule has 0 bridgehead atoms. The Balaban J connectivity index is 1.67. The number of nitrogens with zero attached hydrogens (tertiary/aromatic N) is 4. The Bertz CT molecular complexity index is 512. The third-order valence-electron chi connectivity index (χ3n) is 3.97. The van der Waals surface area contributed by atoms with Crippen LogP contribution in [0, 0.1) is 0 Å². The molecule has 0 unspecified atom stereocenters. The number of aromatic nitrogens is 2. The first-order valence-electron chi connectivity index (χ1n) is 6.97. The molecule has 1 aromatic heterocycles. The summed E-state index contributed by atoms with van der Waals surface area (Å²) in [4.78, 5) is 24.5. The number of fused-ring (bicyclic) bond motifs is 1. The second kappa shape index (κ2) is 6.03. The summed E-state index contributed by atoms with van der Waals surface area (Å²) in [6.07, 6.45) is 4.07. The molecule has 1 N–H and O–H groups in total. The van der Waals surface area contributed by atoms with Gasteiger partial charge >= 0.3 is 6.03 Å². The van der Waals surface area contributed by atoms with Gasteiger partial charge in [0.15, 0.2) is 0 Å². The maximum atomic E-state index is 12.0. The van der Waals surface area contributed by atoms with Gasteiger partial charge in [-0.25, -0.2) is 14.8 Å². The van der Waals surface area contributed by atoms with E-state index in [-0.39, 0.29) is 18.1 Å². The fourth-order valence-corrected chi connectivity index (χ4v) is 3.05. The third kappa shape index (κ3) is 2.89. The molecule has 2 aliphatic rings. The number of hydrogen-bond acceptors (Lipinski definition) is 5. The number of carbonyl (C=O) groups is 1. The number of amides is 2. The van der Waals surface area contributed by atoms with Gasteiger partial charge in [-0.1, -0.05) is 11.6 Å². The van der Waals surface area contributed by atoms with Crippen molar-refractivity contribution in [1.82, 2.24) is 20.2 Å². The highest BCUT2D eigenvalue weighted by Crippen LogP contribution is 2.24. The minimum Gasteiger partial charge on any atom is -0.383 e. The molecule has 0 radical (unpaired) electrons. The Hall–Kier alpha value is -1.60. The van der Waals surface area contributed by atoms with Gasteiger partial charge in [0.2, 0.25) is 5.95 Å². The molecule has 8 heteroatoms. The zero-order chi connectivity index (χ0) is 14.8. The van der Waals surface area contributed by atoms with Crippen molar-refractivity contribution in [2.24, 2.45) is 0 Å². The molecule has 3 heterocycles. The Morgan fingerprint density at radius 3 is 2.95 bits per heavy atom. The van der Waals surface area contributed by atoms with Crippen molar-refractivity contribution in [2.75, 3.05) is 38.3 Å². The van der Waals surface area contributed by atoms with Gasteiger partial charge in [0.05, 0.1) is 36.1 Å². The minimum absolute atomic E-state index is 0.0130. The minimum atomic E-state index is -0.0130. The van der Waals surface area contributed by atoms with E-state index in [1.165, 1.54) is 0 Å². The van der Waals surface area contributed by atoms with Gasteiger partial charge in [0.1, 0.15) is 0 Å². The van der Waals surface area contributed by atoms with E-state index in [1.807, 2.05) is 4.90 Å². The quantitative estimate of drug-likeness (QED) is 0.888. The van der Waals surface area contributed by atoms with Gasteiger partial charge in [-0.3, -0.25) is 0 Å². The van der Waals surface area contributed by atoms with Gasteiger partial charge in [-0.05, 0) is 6.42 Å². The summed E-state index contributed by atoms with van der Waals surface area (Å²) in [5, 5.41) is 3.56. The van der Waals surface area contributed by atoms with Crippen LogP contribution in [-0.2, 0) is 4.74 Å². The summed E-state index contributed by atoms with van der Waals surface area (Å²) in [6, 6.07) is 0.305. The molecule has 2 aliphatic heterocycles. The van der Waals surface area contributed by atoms with Crippen LogP contribution in [0.2, 0.25) is 5.02 Å². The first kappa shape index (κ1) is 14.3. The number of carbonyl (C=O) groups excluding carboxylic acids is 1. The Labute approximate surface area is 128 Å². The van der Waals surface area contributed by atoms with Crippen LogP contribution < -0.4 is 10.2 Å². The maximum absolute atomic E-state index is 12.0. The number of hydrogen-bond donors (Lipinski definition) is 1. The summed E-state index contributed by atoms with van der Waals surface area (Å²) in [5.74, 6) is 0.655. The van der Waals surface area contributed by atoms with Gasteiger partial charge in [0.25, 0.3) is 0 Å². The van der Waals surface area contributed by atoms with Crippen LogP contribution in [0.15, 0.2) is 12.4 Å². The van der Waals surface area contributed by atoms with Crippen molar-refractivity contribution in [3.05, 3.63) is 17.4 Å². The first-order chi connectivity index (χ1) is 10.2. The van der Waals surface area contributed by atoms with Gasteiger partial charge in [0, 0.05) is 26.7 Å². The lowest BCUT2D eigenvalue weighted by Gasteiger charge is -2.36. The van der Waals surface area contributed by atoms with Crippen molar-refractivity contribution >= 4 is 23.6 Å². The van der Waals surface area contributed by atoms with Crippen LogP contribution in [0.1, 0.15) is 6.42 Å². The number of rotatable bonds is 4. The van der Waals surface area contributed by atoms with Crippen LogP contribution in [0.3, 0.4) is 0 Å². The standard InChI is InChI=1S/C13H18ClN5O2/c1-21-5-4-19-11-2-3-18(8-10(11)17-13(19)20)12-15-6-9(14)7-16-12/h6-7,10-11H,2-5,8H2,1H3,(H,17,20)/t10-,11+/m1/s1. The molecule has 0 aliphatic carbocycles. The highest BCUT2D eigenvalue weighted by atomic mass is 35.5. The largest absolute Gasteiger partial charge is 0.383 e. The summed E-state index contributed by atoms with van der Waals surface area (Å²) >= 11 is 5.81. The molecule has 0 spiro atoms. The molecule has 0 saturated carbocycles. The monoisotopic (exact) mass is 311 g/mol. The number of methoxy groups -OCH3 is 1. The van der Waals surface area contributed by atoms with Crippen molar-refractivity contribution < 1.29 is 9.53 Å². The zero-order valence-electron chi connectivity index (χ0n) is 11.8. The first-order valence-corrected chi connectivity index (χ1v) is 7.35. The third-order valence-corrected chi connectivity index (χ3v) is 4.17. The Morgan fingerprint density at radius 2 is 2.24 bits per heavy atom. The van der Waals surface area contributed by atoms with Crippen molar-refractivity contribution in [3.63, 3.8) is 0 Å². The van der Waals surface area contributed by atoms with Crippen molar-refractivity contribution in [2.45, 2.75) is 18.5 Å². The Kier molecular flexibility index (Phi) is 4.12. The normalized spacial score (nSPS) is 25.0. The molecular formula is C13H18ClN5O2. The lowest BCUT2D eigenvalue weighted by Crippen LogP contribution is -2.52. The molecule has 1 aromatic rings. The van der Waals surface area contributed by atoms with Gasteiger partial charge in [-0.15, -0.1) is 0 Å². The second-order valence-corrected chi connectivity index (χ2v) is 5.68. The van der Waals surface area contributed by atoms with Crippen molar-refractivity contribution in [1.29, 1.82) is 0 Å². The van der Waals surface area contributed by atoms with E-state index in [4.69, 9.17) is 16.3 Å². The van der Waals surface area contributed by atoms with E-state index >= 15 is 0 Å². The highest BCUT2D eigenvalue weighted by Gasteiger charge is 2.42. The predicted molar refractivity (Wildman–Crippen MR) is 78.6 cm³/mol. The maximum Gasteiger partial charge on any atom is 0.318 e. The van der Waals surface area contributed by atoms with E-state index in [1.54, 1.807) is 19.5 Å². The molecule has 21 heavy (non-hydrogen) atoms. The number of urea groups is 1. The lowest BCUT2D eigenvalue weighted by atomic mass is 10.0. The van der Waals surface area contributed by atoms with E-state index in [0.717, 1.165) is 13.0 Å². The van der Waals surface area contributed by atoms with Crippen LogP contribution >= 0.6 is 11.6 Å². The molecular weight excluding hydrogens is 294 g/mol. The molecule has 2 saturated heterocycles. The van der Waals surface area contributed by atoms with E-state index in [2.05, 4.69) is 20.2 Å². The van der Waals surface area contributed by atoms with Crippen LogP contribution in [-0.4, -0.2) is 66.3 Å². The fraction of sp³-hybridized carbons (Fsp3) is 0.615. The highest BCUT2D eigenvalue weighted by molar-refractivity contribution is 6.30. The summed E-state index contributed by atoms with van der Waals surface area (Å²) < 4.78 is 5.07. The number of piperidine rings is 1. The molecule has 2 amide bonds. The molecule has 2 atom stereocenters. The SMILES string of the molecule is COCCN1C(=O)N[C@@H]2CN(c3ncc(Cl)cn3)CC[C@@H]21. The van der Waals surface area contributed by atoms with E-state index < -0.39 is 0 Å². The summed E-state index contributed by atoms with van der Waals surface area (Å²) in [6.45, 7) is 2.71. The van der Waals surface area contributed by atoms with E-state index in [9.17, 15) is 4.79 Å². The van der Waals surface area contributed by atoms with E-state index in [0.29, 0.717) is 30.7 Å². The summed E-state index contributed by atoms with van der Waals surface area (Å²) in [7, 11) is 1.64. The zero-order valence-corrected chi connectivity index (χ0v) is 12.6. The molecule has 3 rings (SSSR count). The molecule has 114 valence electrons. The number of ether oxygens (including phenoxy) is 1. The lowest BCUT2D eigenvalue weighted by molar-refractivity contribution is 0.140. The predicted octanol–water partition coefficient (Wildman–Crippen LogP) is 0.749. The smallest absolute Gasteiger partial charge is 0.318 e. The van der Waals surface area contributed by atoms with Crippen molar-refractivity contribution in [3.8, 4) is 0 Å². The van der Waals surface area contributed by atoms with Gasteiger partial charge < -0.3 is 19.9 Å². The van der Waals surface area contributed by atoms with Crippen LogP contribution in [0.25, 0.3) is 0 Å².